The lowest BCUT2D eigenvalue weighted by Gasteiger charge is -2.18. The highest BCUT2D eigenvalue weighted by molar-refractivity contribution is 5.90. The fraction of sp³-hybridized carbons (Fsp3) is 0.636. The molecule has 1 atom stereocenters. The first kappa shape index (κ1) is 20.0. The number of carbonyl (C=O) groups is 1. The molecule has 0 unspecified atom stereocenters. The molecule has 0 bridgehead atoms. The number of ether oxygens (including phenoxy) is 2. The van der Waals surface area contributed by atoms with Crippen LogP contribution in [0.25, 0.3) is 11.0 Å². The van der Waals surface area contributed by atoms with Crippen LogP contribution in [0.1, 0.15) is 52.0 Å². The van der Waals surface area contributed by atoms with Gasteiger partial charge < -0.3 is 18.9 Å². The molecule has 0 radical (unpaired) electrons. The number of nitrogens with zero attached hydrogens (tertiary/aromatic N) is 3. The van der Waals surface area contributed by atoms with E-state index in [1.165, 1.54) is 26.2 Å². The highest BCUT2D eigenvalue weighted by Crippen LogP contribution is 2.39. The molecule has 1 N–H and O–H groups in total. The van der Waals surface area contributed by atoms with E-state index < -0.39 is 0 Å². The van der Waals surface area contributed by atoms with E-state index in [-0.39, 0.29) is 5.91 Å². The van der Waals surface area contributed by atoms with E-state index in [4.69, 9.17) is 14.5 Å². The average molecular weight is 401 g/mol. The number of fused-ring (bicyclic) bond motifs is 1. The second-order valence-corrected chi connectivity index (χ2v) is 8.28. The highest BCUT2D eigenvalue weighted by atomic mass is 16.5. The molecule has 29 heavy (non-hydrogen) atoms. The van der Waals surface area contributed by atoms with Crippen molar-refractivity contribution in [1.29, 1.82) is 0 Å². The van der Waals surface area contributed by atoms with E-state index in [1.54, 1.807) is 7.11 Å². The van der Waals surface area contributed by atoms with Gasteiger partial charge in [0, 0.05) is 37.6 Å². The number of carbonyl (C=O) groups excluding carboxylic acids is 1. The number of nitrogens with one attached hydrogen (secondary N) is 1. The molecule has 2 fully saturated rings. The Hall–Kier alpha value is -2.28. The van der Waals surface area contributed by atoms with Crippen LogP contribution < -0.4 is 14.8 Å². The van der Waals surface area contributed by atoms with E-state index >= 15 is 0 Å². The lowest BCUT2D eigenvalue weighted by Crippen LogP contribution is -2.21. The van der Waals surface area contributed by atoms with Crippen molar-refractivity contribution in [1.82, 2.24) is 14.5 Å². The van der Waals surface area contributed by atoms with Crippen LogP contribution >= 0.6 is 0 Å². The Balaban J connectivity index is 1.63. The molecule has 0 spiro atoms. The maximum atomic E-state index is 11.7. The van der Waals surface area contributed by atoms with Crippen molar-refractivity contribution in [2.24, 2.45) is 5.92 Å². The first-order valence-corrected chi connectivity index (χ1v) is 10.8. The molecule has 1 saturated heterocycles. The highest BCUT2D eigenvalue weighted by Gasteiger charge is 2.26. The summed E-state index contributed by atoms with van der Waals surface area (Å²) in [5.74, 6) is 2.50. The predicted octanol–water partition coefficient (Wildman–Crippen LogP) is 3.84. The molecule has 7 heteroatoms. The zero-order chi connectivity index (χ0) is 20.4. The van der Waals surface area contributed by atoms with Crippen LogP contribution in [0.15, 0.2) is 12.1 Å². The monoisotopic (exact) mass is 400 g/mol. The fourth-order valence-corrected chi connectivity index (χ4v) is 4.70. The summed E-state index contributed by atoms with van der Waals surface area (Å²) in [5.41, 5.74) is 1.82. The maximum absolute atomic E-state index is 11.7. The first-order chi connectivity index (χ1) is 14.1. The smallest absolute Gasteiger partial charge is 0.223 e. The van der Waals surface area contributed by atoms with Gasteiger partial charge in [-0.25, -0.2) is 4.98 Å². The number of hydrogen-bond donors (Lipinski definition) is 1. The van der Waals surface area contributed by atoms with Crippen molar-refractivity contribution < 1.29 is 14.3 Å². The second kappa shape index (κ2) is 8.61. The molecule has 1 aliphatic heterocycles. The minimum Gasteiger partial charge on any atom is -0.493 e. The zero-order valence-electron chi connectivity index (χ0n) is 17.7. The summed E-state index contributed by atoms with van der Waals surface area (Å²) in [7, 11) is 1.67. The molecule has 2 heterocycles. The van der Waals surface area contributed by atoms with Gasteiger partial charge in [-0.05, 0) is 32.4 Å². The predicted molar refractivity (Wildman–Crippen MR) is 114 cm³/mol. The molecule has 1 saturated carbocycles. The second-order valence-electron chi connectivity index (χ2n) is 8.28. The summed E-state index contributed by atoms with van der Waals surface area (Å²) in [5, 5.41) is 2.91. The summed E-state index contributed by atoms with van der Waals surface area (Å²) in [6.45, 7) is 7.73. The number of rotatable bonds is 7. The Morgan fingerprint density at radius 3 is 2.69 bits per heavy atom. The molecular formula is C22H32N4O3. The number of imidazole rings is 1. The number of aromatic nitrogens is 2. The van der Waals surface area contributed by atoms with Crippen LogP contribution in [0.2, 0.25) is 0 Å². The van der Waals surface area contributed by atoms with Crippen molar-refractivity contribution in [2.75, 3.05) is 38.7 Å². The van der Waals surface area contributed by atoms with Crippen LogP contribution in [0, 0.1) is 5.92 Å². The van der Waals surface area contributed by atoms with Crippen LogP contribution in [0.3, 0.4) is 0 Å². The summed E-state index contributed by atoms with van der Waals surface area (Å²) in [6.07, 6.45) is 5.79. The van der Waals surface area contributed by atoms with E-state index in [0.29, 0.717) is 24.5 Å². The Kier molecular flexibility index (Phi) is 5.94. The van der Waals surface area contributed by atoms with Gasteiger partial charge in [-0.1, -0.05) is 19.8 Å². The third-order valence-corrected chi connectivity index (χ3v) is 6.24. The number of anilines is 1. The van der Waals surface area contributed by atoms with Gasteiger partial charge in [0.25, 0.3) is 0 Å². The van der Waals surface area contributed by atoms with Crippen molar-refractivity contribution in [2.45, 2.75) is 52.0 Å². The van der Waals surface area contributed by atoms with Gasteiger partial charge in [0.1, 0.15) is 0 Å². The van der Waals surface area contributed by atoms with Crippen molar-refractivity contribution in [3.63, 3.8) is 0 Å². The molecule has 7 nitrogen and oxygen atoms in total. The molecule has 1 amide bonds. The SMILES string of the molecule is CCN1CC[C@@H](COc2cc3nc(NC(C)=O)n(C4CCCC4)c3cc2OC)C1. The van der Waals surface area contributed by atoms with Gasteiger partial charge in [-0.2, -0.15) is 0 Å². The number of benzene rings is 1. The normalized spacial score (nSPS) is 20.4. The lowest BCUT2D eigenvalue weighted by atomic mass is 10.1. The Morgan fingerprint density at radius 1 is 1.24 bits per heavy atom. The van der Waals surface area contributed by atoms with Gasteiger partial charge in [0.05, 0.1) is 24.8 Å². The quantitative estimate of drug-likeness (QED) is 0.765. The summed E-state index contributed by atoms with van der Waals surface area (Å²) in [4.78, 5) is 18.9. The van der Waals surface area contributed by atoms with E-state index in [9.17, 15) is 4.79 Å². The number of methoxy groups -OCH3 is 1. The molecule has 1 aliphatic carbocycles. The van der Waals surface area contributed by atoms with E-state index in [1.807, 2.05) is 12.1 Å². The number of hydrogen-bond acceptors (Lipinski definition) is 5. The minimum absolute atomic E-state index is 0.107. The molecule has 2 aliphatic rings. The lowest BCUT2D eigenvalue weighted by molar-refractivity contribution is -0.114. The topological polar surface area (TPSA) is 68.6 Å². The van der Waals surface area contributed by atoms with Crippen LogP contribution in [0.5, 0.6) is 11.5 Å². The minimum atomic E-state index is -0.107. The maximum Gasteiger partial charge on any atom is 0.223 e. The molecule has 2 aromatic rings. The van der Waals surface area contributed by atoms with Gasteiger partial charge in [0.15, 0.2) is 11.5 Å². The van der Waals surface area contributed by atoms with Crippen LogP contribution in [-0.2, 0) is 4.79 Å². The summed E-state index contributed by atoms with van der Waals surface area (Å²) in [6, 6.07) is 4.32. The molecule has 1 aromatic heterocycles. The Labute approximate surface area is 172 Å². The van der Waals surface area contributed by atoms with Gasteiger partial charge in [0.2, 0.25) is 11.9 Å². The standard InChI is InChI=1S/C22H32N4O3/c1-4-25-10-9-16(13-25)14-29-21-11-18-19(12-20(21)28-3)26(17-7-5-6-8-17)22(24-18)23-15(2)27/h11-12,16-17H,4-10,13-14H2,1-3H3,(H,23,24,27)/t16-/m1/s1. The molecule has 4 rings (SSSR count). The third kappa shape index (κ3) is 4.20. The zero-order valence-corrected chi connectivity index (χ0v) is 17.7. The van der Waals surface area contributed by atoms with Crippen molar-refractivity contribution >= 4 is 22.9 Å². The van der Waals surface area contributed by atoms with Gasteiger partial charge in [-0.3, -0.25) is 10.1 Å². The van der Waals surface area contributed by atoms with Crippen LogP contribution in [0.4, 0.5) is 5.95 Å². The molecule has 1 aromatic carbocycles. The molecule has 158 valence electrons. The fourth-order valence-electron chi connectivity index (χ4n) is 4.70. The Bertz CT molecular complexity index is 873. The van der Waals surface area contributed by atoms with E-state index in [2.05, 4.69) is 21.7 Å². The van der Waals surface area contributed by atoms with Crippen LogP contribution in [-0.4, -0.2) is 53.7 Å². The van der Waals surface area contributed by atoms with Gasteiger partial charge in [-0.15, -0.1) is 0 Å². The van der Waals surface area contributed by atoms with E-state index in [0.717, 1.165) is 55.0 Å². The Morgan fingerprint density at radius 2 is 2.03 bits per heavy atom. The van der Waals surface area contributed by atoms with Crippen molar-refractivity contribution in [3.8, 4) is 11.5 Å². The molecular weight excluding hydrogens is 368 g/mol. The summed E-state index contributed by atoms with van der Waals surface area (Å²) >= 11 is 0. The van der Waals surface area contributed by atoms with Gasteiger partial charge >= 0.3 is 0 Å². The largest absolute Gasteiger partial charge is 0.493 e. The summed E-state index contributed by atoms with van der Waals surface area (Å²) < 4.78 is 14.0. The number of amides is 1. The average Bonchev–Trinajstić information content (AvgIpc) is 3.44. The third-order valence-electron chi connectivity index (χ3n) is 6.24. The number of likely N-dealkylation sites (tertiary alicyclic amines) is 1. The van der Waals surface area contributed by atoms with Crippen molar-refractivity contribution in [3.05, 3.63) is 12.1 Å². The first-order valence-electron chi connectivity index (χ1n) is 10.8.